The third-order valence-electron chi connectivity index (χ3n) is 0.313. The maximum absolute atomic E-state index is 11.0. The van der Waals surface area contributed by atoms with Gasteiger partial charge in [0.2, 0.25) is 0 Å². The fourth-order valence-corrected chi connectivity index (χ4v) is 0.136. The van der Waals surface area contributed by atoms with E-state index < -0.39 is 6.43 Å². The predicted octanol–water partition coefficient (Wildman–Crippen LogP) is 0.214. The fraction of sp³-hybridized carbons (Fsp3) is 0.500. The smallest absolute Gasteiger partial charge is 0.298 e. The zero-order valence-corrected chi connectivity index (χ0v) is 3.62. The highest BCUT2D eigenvalue weighted by Crippen LogP contribution is 1.84. The molecule has 0 aromatic carbocycles. The highest BCUT2D eigenvalue weighted by atomic mass is 19.3. The van der Waals surface area contributed by atoms with Gasteiger partial charge >= 0.3 is 0 Å². The molecule has 0 bridgehead atoms. The Balaban J connectivity index is 3.24. The molecule has 0 aromatic heterocycles. The van der Waals surface area contributed by atoms with Gasteiger partial charge in [-0.25, -0.2) is 0 Å². The third-order valence-corrected chi connectivity index (χ3v) is 0.313. The van der Waals surface area contributed by atoms with Gasteiger partial charge in [-0.1, -0.05) is 5.92 Å². The molecule has 0 aliphatic heterocycles. The lowest BCUT2D eigenvalue weighted by atomic mass is 10.6. The number of alkyl halides is 2. The van der Waals surface area contributed by atoms with E-state index >= 15 is 0 Å². The summed E-state index contributed by atoms with van der Waals surface area (Å²) in [5, 5.41) is 0. The van der Waals surface area contributed by atoms with Crippen LogP contribution in [-0.2, 0) is 0 Å². The minimum Gasteiger partial charge on any atom is -0.320 e. The number of hydrogen-bond acceptors (Lipinski definition) is 1. The van der Waals surface area contributed by atoms with E-state index in [0.29, 0.717) is 0 Å². The van der Waals surface area contributed by atoms with E-state index in [0.717, 1.165) is 0 Å². The molecule has 7 heavy (non-hydrogen) atoms. The summed E-state index contributed by atoms with van der Waals surface area (Å²) >= 11 is 0. The summed E-state index contributed by atoms with van der Waals surface area (Å²) < 4.78 is 22.0. The summed E-state index contributed by atoms with van der Waals surface area (Å²) in [5.41, 5.74) is 4.77. The molecule has 3 heteroatoms. The van der Waals surface area contributed by atoms with Crippen LogP contribution in [0.25, 0.3) is 0 Å². The fourth-order valence-electron chi connectivity index (χ4n) is 0.136. The Bertz CT molecular complexity index is 89.6. The SMILES string of the molecule is NCC#CC(F)F. The largest absolute Gasteiger partial charge is 0.320 e. The second-order valence-electron chi connectivity index (χ2n) is 0.826. The quantitative estimate of drug-likeness (QED) is 0.438. The Morgan fingerprint density at radius 3 is 2.29 bits per heavy atom. The third kappa shape index (κ3) is 5.38. The van der Waals surface area contributed by atoms with Crippen molar-refractivity contribution in [3.05, 3.63) is 0 Å². The first kappa shape index (κ1) is 6.38. The lowest BCUT2D eigenvalue weighted by molar-refractivity contribution is 0.215. The van der Waals surface area contributed by atoms with Crippen LogP contribution in [0.3, 0.4) is 0 Å². The molecule has 0 saturated carbocycles. The van der Waals surface area contributed by atoms with Crippen LogP contribution in [0.1, 0.15) is 0 Å². The number of halogens is 2. The minimum atomic E-state index is -2.54. The van der Waals surface area contributed by atoms with E-state index in [2.05, 4.69) is 0 Å². The number of hydrogen-bond donors (Lipinski definition) is 1. The van der Waals surface area contributed by atoms with E-state index in [1.54, 1.807) is 5.92 Å². The zero-order valence-electron chi connectivity index (χ0n) is 3.62. The highest BCUT2D eigenvalue weighted by Gasteiger charge is 1.88. The Hall–Kier alpha value is -0.620. The van der Waals surface area contributed by atoms with E-state index in [1.807, 2.05) is 5.92 Å². The first-order valence-corrected chi connectivity index (χ1v) is 1.74. The summed E-state index contributed by atoms with van der Waals surface area (Å²) in [4.78, 5) is 0. The maximum Gasteiger partial charge on any atom is 0.298 e. The molecule has 0 saturated heterocycles. The van der Waals surface area contributed by atoms with Crippen molar-refractivity contribution in [1.29, 1.82) is 0 Å². The van der Waals surface area contributed by atoms with E-state index in [4.69, 9.17) is 5.73 Å². The van der Waals surface area contributed by atoms with Gasteiger partial charge in [-0.3, -0.25) is 0 Å². The van der Waals surface area contributed by atoms with Crippen LogP contribution in [0.15, 0.2) is 0 Å². The van der Waals surface area contributed by atoms with Crippen molar-refractivity contribution in [2.24, 2.45) is 5.73 Å². The molecule has 0 atom stereocenters. The van der Waals surface area contributed by atoms with Crippen LogP contribution in [0.4, 0.5) is 8.78 Å². The first-order chi connectivity index (χ1) is 3.27. The van der Waals surface area contributed by atoms with Crippen LogP contribution in [0, 0.1) is 11.8 Å². The number of nitrogens with two attached hydrogens (primary N) is 1. The molecule has 0 heterocycles. The van der Waals surface area contributed by atoms with Crippen molar-refractivity contribution in [3.63, 3.8) is 0 Å². The molecular weight excluding hydrogens is 100 g/mol. The predicted molar refractivity (Wildman–Crippen MR) is 22.8 cm³/mol. The molecule has 40 valence electrons. The monoisotopic (exact) mass is 105 g/mol. The van der Waals surface area contributed by atoms with E-state index in [9.17, 15) is 8.78 Å². The molecule has 2 N–H and O–H groups in total. The molecule has 0 aliphatic rings. The van der Waals surface area contributed by atoms with E-state index in [-0.39, 0.29) is 6.54 Å². The Labute approximate surface area is 40.5 Å². The average Bonchev–Trinajstić information content (AvgIpc) is 1.61. The van der Waals surface area contributed by atoms with Crippen molar-refractivity contribution in [2.75, 3.05) is 6.54 Å². The van der Waals surface area contributed by atoms with Crippen molar-refractivity contribution in [1.82, 2.24) is 0 Å². The molecule has 0 spiro atoms. The maximum atomic E-state index is 11.0. The van der Waals surface area contributed by atoms with Crippen molar-refractivity contribution in [3.8, 4) is 11.8 Å². The molecule has 0 amide bonds. The molecule has 0 aliphatic carbocycles. The first-order valence-electron chi connectivity index (χ1n) is 1.74. The molecule has 0 radical (unpaired) electrons. The lowest BCUT2D eigenvalue weighted by Crippen LogP contribution is -1.94. The molecule has 0 fully saturated rings. The van der Waals surface area contributed by atoms with E-state index in [1.165, 1.54) is 0 Å². The van der Waals surface area contributed by atoms with Crippen LogP contribution in [0.5, 0.6) is 0 Å². The molecule has 0 unspecified atom stereocenters. The summed E-state index contributed by atoms with van der Waals surface area (Å²) in [5.74, 6) is 3.61. The van der Waals surface area contributed by atoms with Crippen LogP contribution >= 0.6 is 0 Å². The minimum absolute atomic E-state index is 0.00431. The zero-order chi connectivity index (χ0) is 5.70. The van der Waals surface area contributed by atoms with Crippen molar-refractivity contribution in [2.45, 2.75) is 6.43 Å². The summed E-state index contributed by atoms with van der Waals surface area (Å²) in [6, 6.07) is 0. The average molecular weight is 105 g/mol. The van der Waals surface area contributed by atoms with Gasteiger partial charge in [0.25, 0.3) is 6.43 Å². The number of rotatable bonds is 0. The van der Waals surface area contributed by atoms with Crippen LogP contribution < -0.4 is 5.73 Å². The Kier molecular flexibility index (Phi) is 3.25. The van der Waals surface area contributed by atoms with Gasteiger partial charge in [-0.15, -0.1) is 0 Å². The van der Waals surface area contributed by atoms with Crippen molar-refractivity contribution >= 4 is 0 Å². The molecule has 0 aromatic rings. The van der Waals surface area contributed by atoms with Crippen molar-refractivity contribution < 1.29 is 8.78 Å². The second kappa shape index (κ2) is 3.57. The summed E-state index contributed by atoms with van der Waals surface area (Å²) in [7, 11) is 0. The summed E-state index contributed by atoms with van der Waals surface area (Å²) in [6.07, 6.45) is -2.54. The lowest BCUT2D eigenvalue weighted by Gasteiger charge is -1.75. The molecule has 0 rings (SSSR count). The van der Waals surface area contributed by atoms with Gasteiger partial charge in [-0.05, 0) is 5.92 Å². The van der Waals surface area contributed by atoms with Gasteiger partial charge in [-0.2, -0.15) is 8.78 Å². The van der Waals surface area contributed by atoms with Gasteiger partial charge in [0.05, 0.1) is 6.54 Å². The Morgan fingerprint density at radius 2 is 2.14 bits per heavy atom. The van der Waals surface area contributed by atoms with Crippen LogP contribution in [-0.4, -0.2) is 13.0 Å². The normalized spacial score (nSPS) is 8.00. The van der Waals surface area contributed by atoms with Crippen LogP contribution in [0.2, 0.25) is 0 Å². The second-order valence-corrected chi connectivity index (χ2v) is 0.826. The topological polar surface area (TPSA) is 26.0 Å². The molecule has 1 nitrogen and oxygen atoms in total. The summed E-state index contributed by atoms with van der Waals surface area (Å²) in [6.45, 7) is 0.00431. The highest BCUT2D eigenvalue weighted by molar-refractivity contribution is 5.01. The van der Waals surface area contributed by atoms with Gasteiger partial charge < -0.3 is 5.73 Å². The Morgan fingerprint density at radius 1 is 1.57 bits per heavy atom. The molecular formula is C4H5F2N. The van der Waals surface area contributed by atoms with Gasteiger partial charge in [0.15, 0.2) is 0 Å². The van der Waals surface area contributed by atoms with Gasteiger partial charge in [0.1, 0.15) is 0 Å². The standard InChI is InChI=1S/C4H5F2N/c5-4(6)2-1-3-7/h4H,3,7H2. The van der Waals surface area contributed by atoms with Gasteiger partial charge in [0, 0.05) is 0 Å².